The number of hydrogen-bond acceptors (Lipinski definition) is 3. The van der Waals surface area contributed by atoms with E-state index in [0.29, 0.717) is 12.0 Å². The van der Waals surface area contributed by atoms with Crippen LogP contribution in [-0.2, 0) is 13.0 Å². The first kappa shape index (κ1) is 20.2. The van der Waals surface area contributed by atoms with E-state index in [9.17, 15) is 0 Å². The molecule has 1 aliphatic heterocycles. The summed E-state index contributed by atoms with van der Waals surface area (Å²) in [7, 11) is 1.87. The summed E-state index contributed by atoms with van der Waals surface area (Å²) in [5.41, 5.74) is 0. The lowest BCUT2D eigenvalue weighted by atomic mass is 9.93. The second-order valence-electron chi connectivity index (χ2n) is 6.41. The van der Waals surface area contributed by atoms with Crippen molar-refractivity contribution in [3.05, 3.63) is 40.6 Å². The third-order valence-electron chi connectivity index (χ3n) is 4.82. The molecule has 2 atom stereocenters. The molecule has 5 nitrogen and oxygen atoms in total. The second-order valence-corrected chi connectivity index (χ2v) is 7.66. The number of likely N-dealkylation sites (tertiary alicyclic amines) is 1. The molecule has 2 unspecified atom stereocenters. The predicted octanol–water partition coefficient (Wildman–Crippen LogP) is 3.78. The van der Waals surface area contributed by atoms with Crippen molar-refractivity contribution in [2.45, 2.75) is 39.3 Å². The van der Waals surface area contributed by atoms with Gasteiger partial charge in [-0.1, -0.05) is 13.8 Å². The minimum Gasteiger partial charge on any atom is -0.351 e. The lowest BCUT2D eigenvalue weighted by Crippen LogP contribution is -2.48. The number of halogens is 1. The SMILES string of the molecule is CCc1ccc(CNC(=NC)N2CCC(C)C(n3ccnc3)C2)s1.I. The van der Waals surface area contributed by atoms with Crippen LogP contribution in [0.15, 0.2) is 35.8 Å². The number of nitrogens with one attached hydrogen (secondary N) is 1. The fraction of sp³-hybridized carbons (Fsp3) is 0.556. The normalized spacial score (nSPS) is 21.1. The summed E-state index contributed by atoms with van der Waals surface area (Å²) in [5.74, 6) is 1.65. The molecule has 1 saturated heterocycles. The molecule has 0 bridgehead atoms. The molecule has 2 aromatic rings. The smallest absolute Gasteiger partial charge is 0.194 e. The third kappa shape index (κ3) is 4.97. The van der Waals surface area contributed by atoms with Crippen LogP contribution in [0.4, 0.5) is 0 Å². The average Bonchev–Trinajstić information content (AvgIpc) is 3.28. The molecule has 3 rings (SSSR count). The largest absolute Gasteiger partial charge is 0.351 e. The number of aromatic nitrogens is 2. The van der Waals surface area contributed by atoms with Crippen LogP contribution in [0.5, 0.6) is 0 Å². The van der Waals surface area contributed by atoms with Gasteiger partial charge < -0.3 is 14.8 Å². The molecule has 1 fully saturated rings. The van der Waals surface area contributed by atoms with Crippen LogP contribution in [0, 0.1) is 5.92 Å². The Morgan fingerprint density at radius 1 is 1.40 bits per heavy atom. The van der Waals surface area contributed by atoms with Gasteiger partial charge in [-0.05, 0) is 30.9 Å². The minimum absolute atomic E-state index is 0. The van der Waals surface area contributed by atoms with Crippen molar-refractivity contribution in [3.63, 3.8) is 0 Å². The molecule has 0 aliphatic carbocycles. The topological polar surface area (TPSA) is 45.5 Å². The lowest BCUT2D eigenvalue weighted by molar-refractivity contribution is 0.189. The second kappa shape index (κ2) is 9.56. The van der Waals surface area contributed by atoms with Gasteiger partial charge in [0.2, 0.25) is 0 Å². The maximum absolute atomic E-state index is 4.51. The van der Waals surface area contributed by atoms with E-state index in [1.807, 2.05) is 30.9 Å². The summed E-state index contributed by atoms with van der Waals surface area (Å²) < 4.78 is 2.23. The Morgan fingerprint density at radius 2 is 2.20 bits per heavy atom. The molecule has 3 heterocycles. The summed E-state index contributed by atoms with van der Waals surface area (Å²) in [5, 5.41) is 3.53. The van der Waals surface area contributed by atoms with Crippen LogP contribution in [0.1, 0.15) is 36.1 Å². The van der Waals surface area contributed by atoms with Crippen LogP contribution in [0.3, 0.4) is 0 Å². The van der Waals surface area contributed by atoms with Gasteiger partial charge >= 0.3 is 0 Å². The van der Waals surface area contributed by atoms with Gasteiger partial charge in [0, 0.05) is 42.3 Å². The van der Waals surface area contributed by atoms with E-state index in [1.54, 1.807) is 0 Å². The van der Waals surface area contributed by atoms with E-state index in [0.717, 1.165) is 32.0 Å². The molecular formula is C18H28IN5S. The molecule has 7 heteroatoms. The molecule has 0 amide bonds. The highest BCUT2D eigenvalue weighted by Crippen LogP contribution is 2.27. The van der Waals surface area contributed by atoms with Gasteiger partial charge in [-0.15, -0.1) is 35.3 Å². The number of imidazole rings is 1. The Labute approximate surface area is 171 Å². The maximum Gasteiger partial charge on any atom is 0.194 e. The van der Waals surface area contributed by atoms with Crippen molar-refractivity contribution < 1.29 is 0 Å². The lowest BCUT2D eigenvalue weighted by Gasteiger charge is -2.39. The van der Waals surface area contributed by atoms with Crippen LogP contribution < -0.4 is 5.32 Å². The summed E-state index contributed by atoms with van der Waals surface area (Å²) >= 11 is 1.88. The van der Waals surface area contributed by atoms with Gasteiger partial charge in [0.05, 0.1) is 18.9 Å². The zero-order valence-electron chi connectivity index (χ0n) is 15.2. The van der Waals surface area contributed by atoms with Gasteiger partial charge in [0.25, 0.3) is 0 Å². The zero-order chi connectivity index (χ0) is 16.9. The summed E-state index contributed by atoms with van der Waals surface area (Å²) in [6, 6.07) is 4.89. The first-order valence-corrected chi connectivity index (χ1v) is 9.53. The van der Waals surface area contributed by atoms with E-state index in [2.05, 4.69) is 56.9 Å². The third-order valence-corrected chi connectivity index (χ3v) is 6.05. The maximum atomic E-state index is 4.51. The van der Waals surface area contributed by atoms with E-state index in [4.69, 9.17) is 0 Å². The van der Waals surface area contributed by atoms with E-state index in [1.165, 1.54) is 16.2 Å². The van der Waals surface area contributed by atoms with Crippen molar-refractivity contribution in [2.24, 2.45) is 10.9 Å². The number of piperidine rings is 1. The molecule has 25 heavy (non-hydrogen) atoms. The molecule has 0 spiro atoms. The molecule has 0 saturated carbocycles. The Morgan fingerprint density at radius 3 is 2.84 bits per heavy atom. The molecule has 1 N–H and O–H groups in total. The van der Waals surface area contributed by atoms with Crippen LogP contribution in [-0.4, -0.2) is 40.5 Å². The fourth-order valence-electron chi connectivity index (χ4n) is 3.30. The van der Waals surface area contributed by atoms with E-state index < -0.39 is 0 Å². The van der Waals surface area contributed by atoms with Gasteiger partial charge in [0.1, 0.15) is 0 Å². The Bertz CT molecular complexity index is 667. The number of rotatable bonds is 4. The van der Waals surface area contributed by atoms with Gasteiger partial charge in [-0.25, -0.2) is 4.98 Å². The molecular weight excluding hydrogens is 445 g/mol. The van der Waals surface area contributed by atoms with Gasteiger partial charge in [-0.2, -0.15) is 0 Å². The van der Waals surface area contributed by atoms with Crippen molar-refractivity contribution in [3.8, 4) is 0 Å². The highest BCUT2D eigenvalue weighted by molar-refractivity contribution is 14.0. The molecule has 1 aliphatic rings. The Kier molecular flexibility index (Phi) is 7.74. The highest BCUT2D eigenvalue weighted by atomic mass is 127. The first-order chi connectivity index (χ1) is 11.7. The van der Waals surface area contributed by atoms with Gasteiger partial charge in [-0.3, -0.25) is 4.99 Å². The molecule has 0 aromatic carbocycles. The van der Waals surface area contributed by atoms with Gasteiger partial charge in [0.15, 0.2) is 5.96 Å². The van der Waals surface area contributed by atoms with Crippen LogP contribution in [0.2, 0.25) is 0 Å². The number of nitrogens with zero attached hydrogens (tertiary/aromatic N) is 4. The summed E-state index contributed by atoms with van der Waals surface area (Å²) in [6.07, 6.45) is 8.14. The molecule has 138 valence electrons. The summed E-state index contributed by atoms with van der Waals surface area (Å²) in [4.78, 5) is 13.9. The molecule has 0 radical (unpaired) electrons. The van der Waals surface area contributed by atoms with Crippen molar-refractivity contribution in [2.75, 3.05) is 20.1 Å². The standard InChI is InChI=1S/C18H27N5S.HI/c1-4-15-5-6-16(24-15)11-21-18(19-3)22-9-7-14(2)17(12-22)23-10-8-20-13-23;/h5-6,8,10,13-14,17H,4,7,9,11-12H2,1-3H3,(H,19,21);1H. The van der Waals surface area contributed by atoms with E-state index >= 15 is 0 Å². The van der Waals surface area contributed by atoms with Crippen molar-refractivity contribution >= 4 is 41.3 Å². The van der Waals surface area contributed by atoms with Crippen LogP contribution in [0.25, 0.3) is 0 Å². The zero-order valence-corrected chi connectivity index (χ0v) is 18.3. The number of hydrogen-bond donors (Lipinski definition) is 1. The molecule has 2 aromatic heterocycles. The number of thiophene rings is 1. The van der Waals surface area contributed by atoms with Crippen molar-refractivity contribution in [1.29, 1.82) is 0 Å². The predicted molar refractivity (Wildman–Crippen MR) is 116 cm³/mol. The quantitative estimate of drug-likeness (QED) is 0.418. The Balaban J connectivity index is 0.00000225. The number of aliphatic imine (C=N–C) groups is 1. The average molecular weight is 473 g/mol. The first-order valence-electron chi connectivity index (χ1n) is 8.72. The van der Waals surface area contributed by atoms with Crippen LogP contribution >= 0.6 is 35.3 Å². The number of aryl methyl sites for hydroxylation is 1. The highest BCUT2D eigenvalue weighted by Gasteiger charge is 2.28. The minimum atomic E-state index is 0. The van der Waals surface area contributed by atoms with Crippen molar-refractivity contribution in [1.82, 2.24) is 19.8 Å². The summed E-state index contributed by atoms with van der Waals surface area (Å²) in [6.45, 7) is 7.40. The fourth-order valence-corrected chi connectivity index (χ4v) is 4.20. The monoisotopic (exact) mass is 473 g/mol. The van der Waals surface area contributed by atoms with E-state index in [-0.39, 0.29) is 24.0 Å². The number of guanidine groups is 1. The Hall–Kier alpha value is -1.09.